The number of hydrogen-bond donors (Lipinski definition) is 1. The third-order valence-electron chi connectivity index (χ3n) is 2.16. The van der Waals surface area contributed by atoms with Crippen LogP contribution in [-0.2, 0) is 11.3 Å². The van der Waals surface area contributed by atoms with Crippen molar-refractivity contribution in [3.63, 3.8) is 0 Å². The molecule has 0 saturated carbocycles. The van der Waals surface area contributed by atoms with Gasteiger partial charge in [-0.25, -0.2) is 4.79 Å². The van der Waals surface area contributed by atoms with E-state index in [2.05, 4.69) is 14.5 Å². The Morgan fingerprint density at radius 1 is 1.50 bits per heavy atom. The first-order valence-corrected chi connectivity index (χ1v) is 4.82. The maximum absolute atomic E-state index is 12.2. The van der Waals surface area contributed by atoms with Gasteiger partial charge in [-0.2, -0.15) is 0 Å². The van der Waals surface area contributed by atoms with Crippen molar-refractivity contribution in [2.24, 2.45) is 5.73 Å². The number of hydrogen-bond acceptors (Lipinski definition) is 5. The highest BCUT2D eigenvalue weighted by molar-refractivity contribution is 5.92. The molecule has 1 aromatic heterocycles. The number of halogens is 3. The molecule has 5 nitrogen and oxygen atoms in total. The van der Waals surface area contributed by atoms with Gasteiger partial charge in [0.2, 0.25) is 0 Å². The lowest BCUT2D eigenvalue weighted by molar-refractivity contribution is -0.275. The highest BCUT2D eigenvalue weighted by Gasteiger charge is 2.33. The van der Waals surface area contributed by atoms with Gasteiger partial charge in [0.15, 0.2) is 5.75 Å². The van der Waals surface area contributed by atoms with Crippen molar-refractivity contribution in [3.8, 4) is 5.75 Å². The molecule has 18 heavy (non-hydrogen) atoms. The summed E-state index contributed by atoms with van der Waals surface area (Å²) in [6.45, 7) is 1.15. The molecule has 1 aromatic rings. The normalized spacial score (nSPS) is 11.2. The summed E-state index contributed by atoms with van der Waals surface area (Å²) in [6.07, 6.45) is -4.01. The van der Waals surface area contributed by atoms with Crippen LogP contribution in [0.15, 0.2) is 6.20 Å². The van der Waals surface area contributed by atoms with Gasteiger partial charge in [-0.15, -0.1) is 13.2 Å². The molecule has 0 radical (unpaired) electrons. The molecule has 2 N–H and O–H groups in total. The van der Waals surface area contributed by atoms with E-state index in [0.29, 0.717) is 0 Å². The molecule has 100 valence electrons. The maximum atomic E-state index is 12.2. The molecule has 0 spiro atoms. The van der Waals surface area contributed by atoms with Crippen LogP contribution in [0, 0.1) is 6.92 Å². The van der Waals surface area contributed by atoms with Crippen molar-refractivity contribution < 1.29 is 27.4 Å². The number of rotatable bonds is 3. The highest BCUT2D eigenvalue weighted by atomic mass is 19.4. The topological polar surface area (TPSA) is 74.4 Å². The number of pyridine rings is 1. The molecule has 0 bridgehead atoms. The van der Waals surface area contributed by atoms with E-state index in [1.165, 1.54) is 6.92 Å². The fourth-order valence-corrected chi connectivity index (χ4v) is 1.43. The quantitative estimate of drug-likeness (QED) is 0.838. The van der Waals surface area contributed by atoms with E-state index >= 15 is 0 Å². The molecule has 1 rings (SSSR count). The van der Waals surface area contributed by atoms with Crippen LogP contribution in [0.25, 0.3) is 0 Å². The van der Waals surface area contributed by atoms with Crippen molar-refractivity contribution >= 4 is 5.97 Å². The Hall–Kier alpha value is -1.83. The van der Waals surface area contributed by atoms with Gasteiger partial charge < -0.3 is 15.2 Å². The Bertz CT molecular complexity index is 460. The average molecular weight is 264 g/mol. The monoisotopic (exact) mass is 264 g/mol. The summed E-state index contributed by atoms with van der Waals surface area (Å²) in [5.74, 6) is -1.41. The van der Waals surface area contributed by atoms with E-state index in [1.54, 1.807) is 0 Å². The van der Waals surface area contributed by atoms with Crippen LogP contribution in [0.3, 0.4) is 0 Å². The van der Waals surface area contributed by atoms with Crippen LogP contribution in [0.2, 0.25) is 0 Å². The van der Waals surface area contributed by atoms with Gasteiger partial charge in [-0.3, -0.25) is 4.98 Å². The lowest BCUT2D eigenvalue weighted by Crippen LogP contribution is -2.21. The van der Waals surface area contributed by atoms with Gasteiger partial charge in [0.05, 0.1) is 24.6 Å². The van der Waals surface area contributed by atoms with E-state index in [0.717, 1.165) is 13.3 Å². The molecule has 0 aliphatic carbocycles. The summed E-state index contributed by atoms with van der Waals surface area (Å²) in [4.78, 5) is 15.1. The van der Waals surface area contributed by atoms with Gasteiger partial charge in [-0.05, 0) is 6.92 Å². The summed E-state index contributed by atoms with van der Waals surface area (Å²) in [6, 6.07) is 0. The smallest absolute Gasteiger partial charge is 0.465 e. The van der Waals surface area contributed by atoms with E-state index in [9.17, 15) is 18.0 Å². The summed E-state index contributed by atoms with van der Waals surface area (Å²) < 4.78 is 44.7. The Balaban J connectivity index is 3.34. The number of ether oxygens (including phenoxy) is 2. The average Bonchev–Trinajstić information content (AvgIpc) is 2.28. The maximum Gasteiger partial charge on any atom is 0.573 e. The number of nitrogens with zero attached hydrogens (tertiary/aromatic N) is 1. The fraction of sp³-hybridized carbons (Fsp3) is 0.400. The van der Waals surface area contributed by atoms with Crippen molar-refractivity contribution in [3.05, 3.63) is 23.0 Å². The van der Waals surface area contributed by atoms with Gasteiger partial charge >= 0.3 is 12.3 Å². The number of nitrogens with two attached hydrogens (primary N) is 1. The van der Waals surface area contributed by atoms with Crippen molar-refractivity contribution in [2.75, 3.05) is 7.11 Å². The lowest BCUT2D eigenvalue weighted by Gasteiger charge is -2.15. The standard InChI is InChI=1S/C10H11F3N2O3/c1-5-8(9(16)17-2)6(3-14)7(4-15-5)18-10(11,12)13/h4H,3,14H2,1-2H3. The molecule has 1 heterocycles. The second-order valence-corrected chi connectivity index (χ2v) is 3.30. The molecule has 0 atom stereocenters. The number of alkyl halides is 3. The molecule has 8 heteroatoms. The first-order chi connectivity index (χ1) is 8.30. The van der Waals surface area contributed by atoms with Crippen LogP contribution in [0.4, 0.5) is 13.2 Å². The Labute approximate surface area is 101 Å². The lowest BCUT2D eigenvalue weighted by atomic mass is 10.1. The van der Waals surface area contributed by atoms with Gasteiger partial charge in [0.1, 0.15) is 0 Å². The second kappa shape index (κ2) is 5.21. The fourth-order valence-electron chi connectivity index (χ4n) is 1.43. The van der Waals surface area contributed by atoms with Crippen molar-refractivity contribution in [1.82, 2.24) is 4.98 Å². The van der Waals surface area contributed by atoms with Crippen molar-refractivity contribution in [2.45, 2.75) is 19.8 Å². The molecule has 0 fully saturated rings. The number of carbonyl (C=O) groups is 1. The van der Waals surface area contributed by atoms with E-state index in [4.69, 9.17) is 5.73 Å². The minimum atomic E-state index is -4.88. The predicted octanol–water partition coefficient (Wildman–Crippen LogP) is 1.53. The number of esters is 1. The van der Waals surface area contributed by atoms with Gasteiger partial charge in [-0.1, -0.05) is 0 Å². The van der Waals surface area contributed by atoms with E-state index in [-0.39, 0.29) is 23.4 Å². The first-order valence-electron chi connectivity index (χ1n) is 4.82. The van der Waals surface area contributed by atoms with Crippen LogP contribution in [0.1, 0.15) is 21.6 Å². The number of methoxy groups -OCH3 is 1. The summed E-state index contributed by atoms with van der Waals surface area (Å²) in [5.41, 5.74) is 5.37. The Morgan fingerprint density at radius 2 is 2.11 bits per heavy atom. The largest absolute Gasteiger partial charge is 0.573 e. The third kappa shape index (κ3) is 3.10. The summed E-state index contributed by atoms with van der Waals surface area (Å²) in [5, 5.41) is 0. The SMILES string of the molecule is COC(=O)c1c(C)ncc(OC(F)(F)F)c1CN. The molecule has 0 saturated heterocycles. The van der Waals surface area contributed by atoms with Crippen LogP contribution < -0.4 is 10.5 Å². The van der Waals surface area contributed by atoms with E-state index in [1.807, 2.05) is 0 Å². The summed E-state index contributed by atoms with van der Waals surface area (Å²) >= 11 is 0. The molecule has 0 aliphatic heterocycles. The number of aromatic nitrogens is 1. The van der Waals surface area contributed by atoms with Crippen LogP contribution in [0.5, 0.6) is 5.75 Å². The minimum Gasteiger partial charge on any atom is -0.465 e. The molecular formula is C10H11F3N2O3. The Morgan fingerprint density at radius 3 is 2.56 bits per heavy atom. The number of carbonyl (C=O) groups excluding carboxylic acids is 1. The molecular weight excluding hydrogens is 253 g/mol. The molecule has 0 aliphatic rings. The number of aryl methyl sites for hydroxylation is 1. The van der Waals surface area contributed by atoms with Crippen molar-refractivity contribution in [1.29, 1.82) is 0 Å². The zero-order chi connectivity index (χ0) is 13.9. The molecule has 0 unspecified atom stereocenters. The summed E-state index contributed by atoms with van der Waals surface area (Å²) in [7, 11) is 1.11. The van der Waals surface area contributed by atoms with Gasteiger partial charge in [0, 0.05) is 12.1 Å². The third-order valence-corrected chi connectivity index (χ3v) is 2.16. The van der Waals surface area contributed by atoms with Gasteiger partial charge in [0.25, 0.3) is 0 Å². The molecule has 0 aromatic carbocycles. The second-order valence-electron chi connectivity index (χ2n) is 3.30. The Kier molecular flexibility index (Phi) is 4.12. The molecule has 0 amide bonds. The zero-order valence-corrected chi connectivity index (χ0v) is 9.67. The minimum absolute atomic E-state index is 0.0910. The predicted molar refractivity (Wildman–Crippen MR) is 54.9 cm³/mol. The van der Waals surface area contributed by atoms with Crippen LogP contribution >= 0.6 is 0 Å². The highest BCUT2D eigenvalue weighted by Crippen LogP contribution is 2.29. The van der Waals surface area contributed by atoms with Crippen LogP contribution in [-0.4, -0.2) is 24.4 Å². The first kappa shape index (κ1) is 14.2. The zero-order valence-electron chi connectivity index (χ0n) is 9.67. The van der Waals surface area contributed by atoms with E-state index < -0.39 is 18.1 Å².